The molecule has 1 aromatic carbocycles. The normalized spacial score (nSPS) is 10.5. The summed E-state index contributed by atoms with van der Waals surface area (Å²) in [5.74, 6) is 1.35. The molecule has 3 heteroatoms. The first-order valence-corrected chi connectivity index (χ1v) is 4.28. The molecule has 0 saturated carbocycles. The van der Waals surface area contributed by atoms with Crippen molar-refractivity contribution in [3.63, 3.8) is 0 Å². The molecule has 0 N–H and O–H groups in total. The van der Waals surface area contributed by atoms with Crippen LogP contribution in [0.1, 0.15) is 5.56 Å². The van der Waals surface area contributed by atoms with Crippen molar-refractivity contribution in [3.8, 4) is 11.5 Å². The third-order valence-corrected chi connectivity index (χ3v) is 1.81. The van der Waals surface area contributed by atoms with Crippen LogP contribution >= 0.6 is 0 Å². The lowest BCUT2D eigenvalue weighted by molar-refractivity contribution is 0.233. The van der Waals surface area contributed by atoms with Crippen LogP contribution in [0, 0.1) is 0 Å². The van der Waals surface area contributed by atoms with Gasteiger partial charge in [-0.05, 0) is 17.7 Å². The van der Waals surface area contributed by atoms with Gasteiger partial charge < -0.3 is 9.47 Å². The summed E-state index contributed by atoms with van der Waals surface area (Å²) < 4.78 is 10.2. The second-order valence-electron chi connectivity index (χ2n) is 2.68. The zero-order valence-electron chi connectivity index (χ0n) is 8.32. The molecule has 14 heavy (non-hydrogen) atoms. The van der Waals surface area contributed by atoms with E-state index in [-0.39, 0.29) is 6.61 Å². The lowest BCUT2D eigenvalue weighted by atomic mass is 10.2. The number of rotatable bonds is 4. The summed E-state index contributed by atoms with van der Waals surface area (Å²) in [6.45, 7) is -0.214. The molecule has 75 valence electrons. The molecule has 1 aromatic rings. The van der Waals surface area contributed by atoms with Crippen molar-refractivity contribution in [2.45, 2.75) is 0 Å². The molecular weight excluding hydrogens is 180 g/mol. The monoisotopic (exact) mass is 193 g/mol. The molecule has 0 aliphatic carbocycles. The van der Waals surface area contributed by atoms with Gasteiger partial charge in [-0.2, -0.15) is 0 Å². The summed E-state index contributed by atoms with van der Waals surface area (Å²) in [4.78, 5) is 0. The molecule has 3 nitrogen and oxygen atoms in total. The number of ether oxygens (including phenoxy) is 2. The van der Waals surface area contributed by atoms with E-state index in [1.165, 1.54) is 0 Å². The maximum absolute atomic E-state index is 10.2. The van der Waals surface area contributed by atoms with E-state index in [1.807, 2.05) is 18.2 Å². The van der Waals surface area contributed by atoms with E-state index in [0.29, 0.717) is 11.5 Å². The van der Waals surface area contributed by atoms with Crippen LogP contribution in [-0.2, 0) is 5.11 Å². The fraction of sp³-hybridized carbons (Fsp3) is 0.273. The second-order valence-corrected chi connectivity index (χ2v) is 2.68. The Hall–Kier alpha value is -1.48. The molecule has 1 radical (unpaired) electrons. The standard InChI is InChI=1S/C11H13O3/c1-13-10-6-5-9(4-3-7-12)8-11(10)14-2/h3-6,8H,7H2,1-2H3. The van der Waals surface area contributed by atoms with Gasteiger partial charge in [0, 0.05) is 0 Å². The molecule has 0 unspecified atom stereocenters. The first kappa shape index (κ1) is 10.6. The van der Waals surface area contributed by atoms with Crippen molar-refractivity contribution in [1.82, 2.24) is 0 Å². The van der Waals surface area contributed by atoms with Gasteiger partial charge in [-0.3, -0.25) is 0 Å². The molecule has 0 bridgehead atoms. The number of hydrogen-bond donors (Lipinski definition) is 0. The van der Waals surface area contributed by atoms with Crippen LogP contribution < -0.4 is 9.47 Å². The Morgan fingerprint density at radius 1 is 1.21 bits per heavy atom. The summed E-state index contributed by atoms with van der Waals surface area (Å²) in [5.41, 5.74) is 0.929. The van der Waals surface area contributed by atoms with Crippen LogP contribution in [0.5, 0.6) is 11.5 Å². The van der Waals surface area contributed by atoms with Crippen molar-refractivity contribution in [3.05, 3.63) is 29.8 Å². The third kappa shape index (κ3) is 2.50. The summed E-state index contributed by atoms with van der Waals surface area (Å²) in [6, 6.07) is 5.50. The highest BCUT2D eigenvalue weighted by Gasteiger charge is 2.01. The lowest BCUT2D eigenvalue weighted by Gasteiger charge is -2.07. The van der Waals surface area contributed by atoms with E-state index in [0.717, 1.165) is 5.56 Å². The minimum atomic E-state index is -0.214. The number of benzene rings is 1. The SMILES string of the molecule is COc1ccc(C=CC[O])cc1OC. The predicted molar refractivity (Wildman–Crippen MR) is 54.1 cm³/mol. The zero-order chi connectivity index (χ0) is 10.4. The Kier molecular flexibility index (Phi) is 4.01. The van der Waals surface area contributed by atoms with Crippen molar-refractivity contribution >= 4 is 6.08 Å². The van der Waals surface area contributed by atoms with Crippen LogP contribution in [0.15, 0.2) is 24.3 Å². The smallest absolute Gasteiger partial charge is 0.161 e. The minimum Gasteiger partial charge on any atom is -0.493 e. The average Bonchev–Trinajstić information content (AvgIpc) is 2.25. The molecular formula is C11H13O3. The third-order valence-electron chi connectivity index (χ3n) is 1.81. The van der Waals surface area contributed by atoms with Crippen molar-refractivity contribution < 1.29 is 14.6 Å². The average molecular weight is 193 g/mol. The van der Waals surface area contributed by atoms with E-state index < -0.39 is 0 Å². The molecule has 0 atom stereocenters. The van der Waals surface area contributed by atoms with Crippen LogP contribution in [0.25, 0.3) is 6.08 Å². The van der Waals surface area contributed by atoms with E-state index in [2.05, 4.69) is 0 Å². The van der Waals surface area contributed by atoms with Gasteiger partial charge in [0.1, 0.15) is 6.61 Å². The second kappa shape index (κ2) is 5.29. The zero-order valence-corrected chi connectivity index (χ0v) is 8.32. The molecule has 0 aliphatic heterocycles. The van der Waals surface area contributed by atoms with Gasteiger partial charge in [-0.15, -0.1) is 0 Å². The Morgan fingerprint density at radius 3 is 2.50 bits per heavy atom. The van der Waals surface area contributed by atoms with Crippen LogP contribution in [0.2, 0.25) is 0 Å². The minimum absolute atomic E-state index is 0.214. The molecule has 0 saturated heterocycles. The highest BCUT2D eigenvalue weighted by Crippen LogP contribution is 2.27. The van der Waals surface area contributed by atoms with E-state index >= 15 is 0 Å². The Labute approximate surface area is 83.6 Å². The number of hydrogen-bond acceptors (Lipinski definition) is 2. The topological polar surface area (TPSA) is 38.4 Å². The predicted octanol–water partition coefficient (Wildman–Crippen LogP) is 2.15. The van der Waals surface area contributed by atoms with Gasteiger partial charge in [-0.25, -0.2) is 5.11 Å². The van der Waals surface area contributed by atoms with Gasteiger partial charge in [0.15, 0.2) is 11.5 Å². The molecule has 0 aromatic heterocycles. The van der Waals surface area contributed by atoms with E-state index in [1.54, 1.807) is 26.4 Å². The van der Waals surface area contributed by atoms with Crippen LogP contribution in [0.4, 0.5) is 0 Å². The lowest BCUT2D eigenvalue weighted by Crippen LogP contribution is -1.90. The van der Waals surface area contributed by atoms with Crippen LogP contribution in [0.3, 0.4) is 0 Å². The Bertz CT molecular complexity index is 318. The van der Waals surface area contributed by atoms with E-state index in [4.69, 9.17) is 9.47 Å². The summed E-state index contributed by atoms with van der Waals surface area (Å²) in [5, 5.41) is 10.2. The molecule has 0 amide bonds. The fourth-order valence-corrected chi connectivity index (χ4v) is 1.14. The molecule has 0 fully saturated rings. The molecule has 1 rings (SSSR count). The summed E-state index contributed by atoms with van der Waals surface area (Å²) in [7, 11) is 3.17. The van der Waals surface area contributed by atoms with Gasteiger partial charge in [0.05, 0.1) is 14.2 Å². The highest BCUT2D eigenvalue weighted by atomic mass is 16.5. The first-order chi connectivity index (χ1) is 6.81. The maximum atomic E-state index is 10.2. The van der Waals surface area contributed by atoms with Gasteiger partial charge in [-0.1, -0.05) is 18.2 Å². The largest absolute Gasteiger partial charge is 0.493 e. The Morgan fingerprint density at radius 2 is 1.93 bits per heavy atom. The Balaban J connectivity index is 2.95. The fourth-order valence-electron chi connectivity index (χ4n) is 1.14. The highest BCUT2D eigenvalue weighted by molar-refractivity contribution is 5.55. The van der Waals surface area contributed by atoms with Crippen molar-refractivity contribution in [2.24, 2.45) is 0 Å². The molecule has 0 aliphatic rings. The summed E-state index contributed by atoms with van der Waals surface area (Å²) >= 11 is 0. The maximum Gasteiger partial charge on any atom is 0.161 e. The van der Waals surface area contributed by atoms with E-state index in [9.17, 15) is 5.11 Å². The first-order valence-electron chi connectivity index (χ1n) is 4.28. The van der Waals surface area contributed by atoms with Crippen molar-refractivity contribution in [1.29, 1.82) is 0 Å². The van der Waals surface area contributed by atoms with Gasteiger partial charge >= 0.3 is 0 Å². The summed E-state index contributed by atoms with van der Waals surface area (Å²) in [6.07, 6.45) is 3.32. The quantitative estimate of drug-likeness (QED) is 0.734. The number of methoxy groups -OCH3 is 2. The molecule has 0 heterocycles. The van der Waals surface area contributed by atoms with Crippen molar-refractivity contribution in [2.75, 3.05) is 20.8 Å². The van der Waals surface area contributed by atoms with Crippen LogP contribution in [-0.4, -0.2) is 20.8 Å². The van der Waals surface area contributed by atoms with Gasteiger partial charge in [0.2, 0.25) is 0 Å². The van der Waals surface area contributed by atoms with Gasteiger partial charge in [0.25, 0.3) is 0 Å². The molecule has 0 spiro atoms.